The summed E-state index contributed by atoms with van der Waals surface area (Å²) in [6.45, 7) is -0.382. The molecule has 0 atom stereocenters. The summed E-state index contributed by atoms with van der Waals surface area (Å²) in [7, 11) is 2.99. The summed E-state index contributed by atoms with van der Waals surface area (Å²) in [5, 5.41) is 2.57. The van der Waals surface area contributed by atoms with Crippen LogP contribution in [0.2, 0.25) is 0 Å². The van der Waals surface area contributed by atoms with Crippen molar-refractivity contribution in [2.75, 3.05) is 20.8 Å². The van der Waals surface area contributed by atoms with Crippen LogP contribution in [0.4, 0.5) is 13.2 Å². The molecule has 0 aliphatic carbocycles. The van der Waals surface area contributed by atoms with Crippen LogP contribution in [0.15, 0.2) is 42.5 Å². The minimum Gasteiger partial charge on any atom is -0.493 e. The van der Waals surface area contributed by atoms with Crippen molar-refractivity contribution in [1.82, 2.24) is 5.32 Å². The quantitative estimate of drug-likeness (QED) is 0.670. The van der Waals surface area contributed by atoms with E-state index >= 15 is 0 Å². The normalized spacial score (nSPS) is 10.8. The molecule has 2 aromatic carbocycles. The summed E-state index contributed by atoms with van der Waals surface area (Å²) in [6, 6.07) is 9.26. The maximum atomic E-state index is 12.1. The summed E-state index contributed by atoms with van der Waals surface area (Å²) in [4.78, 5) is 23.7. The van der Waals surface area contributed by atoms with Crippen molar-refractivity contribution in [2.24, 2.45) is 0 Å². The number of carbonyl (C=O) groups excluding carboxylic acids is 2. The molecule has 0 radical (unpaired) electrons. The summed E-state index contributed by atoms with van der Waals surface area (Å²) >= 11 is 0. The lowest BCUT2D eigenvalue weighted by Crippen LogP contribution is -2.28. The molecule has 0 saturated carbocycles. The number of amides is 1. The number of halogens is 3. The predicted octanol–water partition coefficient (Wildman–Crippen LogP) is 3.08. The number of hydrogen-bond donors (Lipinski definition) is 1. The van der Waals surface area contributed by atoms with Gasteiger partial charge < -0.3 is 24.3 Å². The molecule has 1 amide bonds. The van der Waals surface area contributed by atoms with E-state index in [0.29, 0.717) is 11.5 Å². The van der Waals surface area contributed by atoms with Gasteiger partial charge in [-0.15, -0.1) is 13.2 Å². The fraction of sp³-hybridized carbons (Fsp3) is 0.263. The standard InChI is InChI=1S/C19H18F3NO6/c1-26-15-8-3-12(9-16(15)27-2)10-23-17(24)11-28-18(25)13-4-6-14(7-5-13)29-19(20,21)22/h3-9H,10-11H2,1-2H3,(H,23,24). The van der Waals surface area contributed by atoms with Crippen molar-refractivity contribution in [1.29, 1.82) is 0 Å². The fourth-order valence-electron chi connectivity index (χ4n) is 2.25. The number of esters is 1. The minimum absolute atomic E-state index is 0.0211. The highest BCUT2D eigenvalue weighted by Gasteiger charge is 2.31. The molecule has 0 aliphatic heterocycles. The van der Waals surface area contributed by atoms with Crippen LogP contribution < -0.4 is 19.5 Å². The number of methoxy groups -OCH3 is 2. The van der Waals surface area contributed by atoms with E-state index in [1.807, 2.05) is 0 Å². The summed E-state index contributed by atoms with van der Waals surface area (Å²) in [5.74, 6) is -0.830. The van der Waals surface area contributed by atoms with Gasteiger partial charge in [-0.05, 0) is 42.0 Å². The first kappa shape index (κ1) is 21.9. The molecule has 10 heteroatoms. The van der Waals surface area contributed by atoms with Crippen molar-refractivity contribution in [2.45, 2.75) is 12.9 Å². The van der Waals surface area contributed by atoms with Crippen LogP contribution in [0, 0.1) is 0 Å². The Morgan fingerprint density at radius 3 is 2.21 bits per heavy atom. The average molecular weight is 413 g/mol. The zero-order valence-corrected chi connectivity index (χ0v) is 15.5. The average Bonchev–Trinajstić information content (AvgIpc) is 2.69. The molecule has 2 rings (SSSR count). The maximum absolute atomic E-state index is 12.1. The van der Waals surface area contributed by atoms with E-state index in [-0.39, 0.29) is 12.1 Å². The number of benzene rings is 2. The van der Waals surface area contributed by atoms with Gasteiger partial charge in [0.25, 0.3) is 5.91 Å². The first-order valence-electron chi connectivity index (χ1n) is 8.22. The summed E-state index contributed by atoms with van der Waals surface area (Å²) < 4.78 is 55.2. The molecule has 0 aromatic heterocycles. The molecule has 0 aliphatic rings. The van der Waals surface area contributed by atoms with Gasteiger partial charge in [0.2, 0.25) is 0 Å². The zero-order chi connectivity index (χ0) is 21.4. The van der Waals surface area contributed by atoms with Gasteiger partial charge in [0.1, 0.15) is 5.75 Å². The topological polar surface area (TPSA) is 83.1 Å². The van der Waals surface area contributed by atoms with E-state index in [0.717, 1.165) is 29.8 Å². The number of alkyl halides is 3. The van der Waals surface area contributed by atoms with E-state index in [9.17, 15) is 22.8 Å². The highest BCUT2D eigenvalue weighted by atomic mass is 19.4. The first-order chi connectivity index (χ1) is 13.7. The lowest BCUT2D eigenvalue weighted by atomic mass is 10.2. The van der Waals surface area contributed by atoms with Crippen LogP contribution >= 0.6 is 0 Å². The minimum atomic E-state index is -4.83. The number of ether oxygens (including phenoxy) is 4. The second kappa shape index (κ2) is 9.67. The van der Waals surface area contributed by atoms with Gasteiger partial charge in [0, 0.05) is 6.54 Å². The van der Waals surface area contributed by atoms with Crippen molar-refractivity contribution in [3.63, 3.8) is 0 Å². The van der Waals surface area contributed by atoms with Gasteiger partial charge in [-0.3, -0.25) is 4.79 Å². The lowest BCUT2D eigenvalue weighted by molar-refractivity contribution is -0.274. The molecule has 0 heterocycles. The molecule has 0 bridgehead atoms. The highest BCUT2D eigenvalue weighted by Crippen LogP contribution is 2.27. The monoisotopic (exact) mass is 413 g/mol. The molecule has 29 heavy (non-hydrogen) atoms. The zero-order valence-electron chi connectivity index (χ0n) is 15.5. The third-order valence-corrected chi connectivity index (χ3v) is 3.60. The third-order valence-electron chi connectivity index (χ3n) is 3.60. The van der Waals surface area contributed by atoms with Gasteiger partial charge in [-0.2, -0.15) is 0 Å². The Bertz CT molecular complexity index is 852. The number of nitrogens with one attached hydrogen (secondary N) is 1. The molecule has 0 saturated heterocycles. The lowest BCUT2D eigenvalue weighted by Gasteiger charge is -2.11. The van der Waals surface area contributed by atoms with Crippen molar-refractivity contribution in [3.8, 4) is 17.2 Å². The van der Waals surface area contributed by atoms with E-state index in [4.69, 9.17) is 14.2 Å². The highest BCUT2D eigenvalue weighted by molar-refractivity contribution is 5.91. The maximum Gasteiger partial charge on any atom is 0.573 e. The number of hydrogen-bond acceptors (Lipinski definition) is 6. The van der Waals surface area contributed by atoms with Crippen LogP contribution in [0.25, 0.3) is 0 Å². The van der Waals surface area contributed by atoms with Crippen molar-refractivity contribution < 1.29 is 41.7 Å². The largest absolute Gasteiger partial charge is 0.573 e. The molecular formula is C19H18F3NO6. The van der Waals surface area contributed by atoms with E-state index in [1.54, 1.807) is 18.2 Å². The summed E-state index contributed by atoms with van der Waals surface area (Å²) in [5.41, 5.74) is 0.717. The number of carbonyl (C=O) groups is 2. The van der Waals surface area contributed by atoms with Crippen LogP contribution in [-0.2, 0) is 16.1 Å². The smallest absolute Gasteiger partial charge is 0.493 e. The molecule has 1 N–H and O–H groups in total. The van der Waals surface area contributed by atoms with Gasteiger partial charge >= 0.3 is 12.3 Å². The van der Waals surface area contributed by atoms with E-state index in [2.05, 4.69) is 10.1 Å². The predicted molar refractivity (Wildman–Crippen MR) is 94.8 cm³/mol. The van der Waals surface area contributed by atoms with Crippen LogP contribution in [-0.4, -0.2) is 39.1 Å². The molecular weight excluding hydrogens is 395 g/mol. The Morgan fingerprint density at radius 1 is 0.966 bits per heavy atom. The first-order valence-corrected chi connectivity index (χ1v) is 8.22. The SMILES string of the molecule is COc1ccc(CNC(=O)COC(=O)c2ccc(OC(F)(F)F)cc2)cc1OC. The third kappa shape index (κ3) is 6.91. The van der Waals surface area contributed by atoms with Gasteiger partial charge in [0.15, 0.2) is 18.1 Å². The Labute approximate surface area is 164 Å². The second-order valence-corrected chi connectivity index (χ2v) is 5.61. The molecule has 0 spiro atoms. The van der Waals surface area contributed by atoms with Crippen molar-refractivity contribution >= 4 is 11.9 Å². The van der Waals surface area contributed by atoms with Crippen LogP contribution in [0.5, 0.6) is 17.2 Å². The summed E-state index contributed by atoms with van der Waals surface area (Å²) in [6.07, 6.45) is -4.83. The van der Waals surface area contributed by atoms with Gasteiger partial charge in [-0.25, -0.2) is 4.79 Å². The molecule has 2 aromatic rings. The Kier molecular flexibility index (Phi) is 7.29. The Balaban J connectivity index is 1.82. The molecule has 0 fully saturated rings. The van der Waals surface area contributed by atoms with Gasteiger partial charge in [-0.1, -0.05) is 6.07 Å². The van der Waals surface area contributed by atoms with Crippen molar-refractivity contribution in [3.05, 3.63) is 53.6 Å². The van der Waals surface area contributed by atoms with Crippen LogP contribution in [0.3, 0.4) is 0 Å². The number of rotatable bonds is 8. The molecule has 7 nitrogen and oxygen atoms in total. The fourth-order valence-corrected chi connectivity index (χ4v) is 2.25. The Morgan fingerprint density at radius 2 is 1.62 bits per heavy atom. The molecule has 0 unspecified atom stereocenters. The van der Waals surface area contributed by atoms with E-state index in [1.165, 1.54) is 14.2 Å². The second-order valence-electron chi connectivity index (χ2n) is 5.61. The van der Waals surface area contributed by atoms with Crippen LogP contribution in [0.1, 0.15) is 15.9 Å². The Hall–Kier alpha value is -3.43. The van der Waals surface area contributed by atoms with Gasteiger partial charge in [0.05, 0.1) is 19.8 Å². The molecule has 156 valence electrons. The van der Waals surface area contributed by atoms with E-state index < -0.39 is 30.6 Å².